The molecule has 1 unspecified atom stereocenters. The molecule has 0 spiro atoms. The Labute approximate surface area is 205 Å². The summed E-state index contributed by atoms with van der Waals surface area (Å²) in [5.74, 6) is -1.41. The zero-order chi connectivity index (χ0) is 25.2. The molecule has 2 aromatic carbocycles. The van der Waals surface area contributed by atoms with Gasteiger partial charge in [-0.15, -0.1) is 0 Å². The zero-order valence-electron chi connectivity index (χ0n) is 20.2. The molecule has 0 radical (unpaired) electrons. The molecule has 3 rings (SSSR count). The average molecular weight is 479 g/mol. The number of carbonyl (C=O) groups is 3. The van der Waals surface area contributed by atoms with Crippen LogP contribution in [0.4, 0.5) is 16.2 Å². The van der Waals surface area contributed by atoms with Crippen LogP contribution >= 0.6 is 0 Å². The highest BCUT2D eigenvalue weighted by Gasteiger charge is 2.37. The summed E-state index contributed by atoms with van der Waals surface area (Å²) in [6.07, 6.45) is 3.98. The number of benzene rings is 2. The molecule has 8 nitrogen and oxygen atoms in total. The molecule has 2 aromatic rings. The summed E-state index contributed by atoms with van der Waals surface area (Å²) >= 11 is 0. The third kappa shape index (κ3) is 6.09. The summed E-state index contributed by atoms with van der Waals surface area (Å²) in [4.78, 5) is 42.0. The second-order valence-electron chi connectivity index (χ2n) is 7.52. The Bertz CT molecular complexity index is 1100. The van der Waals surface area contributed by atoms with Crippen molar-refractivity contribution in [1.82, 2.24) is 0 Å². The number of ether oxygens (including phenoxy) is 3. The van der Waals surface area contributed by atoms with Crippen molar-refractivity contribution < 1.29 is 28.6 Å². The maximum absolute atomic E-state index is 13.3. The summed E-state index contributed by atoms with van der Waals surface area (Å²) in [5.41, 5.74) is 1.92. The van der Waals surface area contributed by atoms with E-state index in [4.69, 9.17) is 14.2 Å². The van der Waals surface area contributed by atoms with Gasteiger partial charge in [-0.1, -0.05) is 49.4 Å². The molecule has 1 heterocycles. The van der Waals surface area contributed by atoms with Gasteiger partial charge in [0.1, 0.15) is 11.9 Å². The Kier molecular flexibility index (Phi) is 9.06. The number of hydrogen-bond acceptors (Lipinski definition) is 7. The Hall–Kier alpha value is -4.07. The first kappa shape index (κ1) is 25.6. The van der Waals surface area contributed by atoms with Crippen molar-refractivity contribution in [3.63, 3.8) is 0 Å². The molecule has 184 valence electrons. The van der Waals surface area contributed by atoms with Gasteiger partial charge in [0.05, 0.1) is 31.6 Å². The largest absolute Gasteiger partial charge is 0.463 e. The normalized spacial score (nSPS) is 14.7. The molecule has 1 aliphatic rings. The predicted octanol–water partition coefficient (Wildman–Crippen LogP) is 4.91. The highest BCUT2D eigenvalue weighted by atomic mass is 16.6. The van der Waals surface area contributed by atoms with Crippen molar-refractivity contribution in [2.45, 2.75) is 33.4 Å². The molecular formula is C27H30N2O6. The van der Waals surface area contributed by atoms with Gasteiger partial charge in [-0.3, -0.25) is 4.90 Å². The van der Waals surface area contributed by atoms with Crippen molar-refractivity contribution in [3.05, 3.63) is 78.0 Å². The number of esters is 2. The fraction of sp³-hybridized carbons (Fsp3) is 0.296. The summed E-state index contributed by atoms with van der Waals surface area (Å²) in [6.45, 7) is 5.75. The number of hydrogen-bond donors (Lipinski definition) is 0. The fourth-order valence-corrected chi connectivity index (χ4v) is 3.68. The van der Waals surface area contributed by atoms with Crippen molar-refractivity contribution in [2.24, 2.45) is 0 Å². The minimum absolute atomic E-state index is 0.0590. The Morgan fingerprint density at radius 1 is 0.914 bits per heavy atom. The number of fused-ring (bicyclic) bond motifs is 1. The van der Waals surface area contributed by atoms with Gasteiger partial charge in [0, 0.05) is 5.69 Å². The molecule has 0 fully saturated rings. The molecule has 0 aliphatic carbocycles. The molecule has 0 saturated carbocycles. The van der Waals surface area contributed by atoms with Crippen LogP contribution in [0.5, 0.6) is 0 Å². The molecule has 35 heavy (non-hydrogen) atoms. The predicted molar refractivity (Wildman–Crippen MR) is 134 cm³/mol. The lowest BCUT2D eigenvalue weighted by Gasteiger charge is -2.41. The van der Waals surface area contributed by atoms with E-state index in [1.54, 1.807) is 49.1 Å². The Morgan fingerprint density at radius 3 is 2.29 bits per heavy atom. The van der Waals surface area contributed by atoms with Crippen molar-refractivity contribution >= 4 is 35.5 Å². The van der Waals surface area contributed by atoms with Crippen LogP contribution in [0.15, 0.2) is 72.4 Å². The fourth-order valence-electron chi connectivity index (χ4n) is 3.68. The van der Waals surface area contributed by atoms with Crippen LogP contribution in [-0.2, 0) is 23.8 Å². The molecule has 0 bridgehead atoms. The van der Waals surface area contributed by atoms with E-state index in [-0.39, 0.29) is 25.5 Å². The lowest BCUT2D eigenvalue weighted by molar-refractivity contribution is -0.141. The number of nitrogens with zero attached hydrogens (tertiary/aromatic N) is 2. The molecule has 8 heteroatoms. The first-order valence-corrected chi connectivity index (χ1v) is 11.6. The van der Waals surface area contributed by atoms with E-state index in [1.807, 2.05) is 43.3 Å². The number of carbonyl (C=O) groups excluding carboxylic acids is 3. The van der Waals surface area contributed by atoms with Crippen molar-refractivity contribution in [1.29, 1.82) is 0 Å². The van der Waals surface area contributed by atoms with Gasteiger partial charge in [-0.2, -0.15) is 0 Å². The first-order valence-electron chi connectivity index (χ1n) is 11.6. The van der Waals surface area contributed by atoms with E-state index in [9.17, 15) is 14.4 Å². The minimum Gasteiger partial charge on any atom is -0.463 e. The first-order chi connectivity index (χ1) is 17.0. The van der Waals surface area contributed by atoms with E-state index in [0.717, 1.165) is 11.6 Å². The molecule has 1 amide bonds. The van der Waals surface area contributed by atoms with Crippen LogP contribution in [0, 0.1) is 0 Å². The van der Waals surface area contributed by atoms with Crippen molar-refractivity contribution in [2.75, 3.05) is 29.6 Å². The average Bonchev–Trinajstić information content (AvgIpc) is 2.87. The van der Waals surface area contributed by atoms with E-state index in [2.05, 4.69) is 0 Å². The SMILES string of the molecule is CCCOC(=O)N(c1ccccc1)C1C=Cc2ccccc2N1/C(=C/C(=O)OCC)C(=O)OCC. The number of anilines is 2. The van der Waals surface area contributed by atoms with Crippen LogP contribution in [0.3, 0.4) is 0 Å². The maximum atomic E-state index is 13.3. The van der Waals surface area contributed by atoms with Crippen LogP contribution in [-0.4, -0.2) is 44.0 Å². The summed E-state index contributed by atoms with van der Waals surface area (Å²) in [7, 11) is 0. The van der Waals surface area contributed by atoms with Crippen LogP contribution in [0.1, 0.15) is 32.8 Å². The van der Waals surface area contributed by atoms with E-state index >= 15 is 0 Å². The van der Waals surface area contributed by atoms with Gasteiger partial charge >= 0.3 is 18.0 Å². The smallest absolute Gasteiger partial charge is 0.416 e. The van der Waals surface area contributed by atoms with Crippen molar-refractivity contribution in [3.8, 4) is 0 Å². The standard InChI is InChI=1S/C27H30N2O6/c1-4-18-35-27(32)28(21-13-8-7-9-14-21)24-17-16-20-12-10-11-15-22(20)29(24)23(26(31)34-6-3)19-25(30)33-5-2/h7-17,19,24H,4-6,18H2,1-3H3/b23-19+. The monoisotopic (exact) mass is 478 g/mol. The molecule has 1 atom stereocenters. The lowest BCUT2D eigenvalue weighted by Crippen LogP contribution is -2.53. The quantitative estimate of drug-likeness (QED) is 0.288. The van der Waals surface area contributed by atoms with Gasteiger partial charge in [0.25, 0.3) is 0 Å². The summed E-state index contributed by atoms with van der Waals surface area (Å²) < 4.78 is 15.9. The zero-order valence-corrected chi connectivity index (χ0v) is 20.2. The number of amides is 1. The third-order valence-electron chi connectivity index (χ3n) is 5.12. The van der Waals surface area contributed by atoms with Gasteiger partial charge < -0.3 is 19.1 Å². The number of para-hydroxylation sites is 2. The Balaban J connectivity index is 2.20. The van der Waals surface area contributed by atoms with Gasteiger partial charge in [0.15, 0.2) is 0 Å². The molecule has 0 N–H and O–H groups in total. The number of rotatable bonds is 9. The van der Waals surface area contributed by atoms with Gasteiger partial charge in [0.2, 0.25) is 0 Å². The summed E-state index contributed by atoms with van der Waals surface area (Å²) in [5, 5.41) is 0. The van der Waals surface area contributed by atoms with E-state index in [1.165, 1.54) is 4.90 Å². The van der Waals surface area contributed by atoms with Gasteiger partial charge in [-0.05, 0) is 50.1 Å². The summed E-state index contributed by atoms with van der Waals surface area (Å²) in [6, 6.07) is 16.4. The molecule has 1 aliphatic heterocycles. The highest BCUT2D eigenvalue weighted by molar-refractivity contribution is 6.02. The van der Waals surface area contributed by atoms with Gasteiger partial charge in [-0.25, -0.2) is 14.4 Å². The molecular weight excluding hydrogens is 448 g/mol. The topological polar surface area (TPSA) is 85.4 Å². The second-order valence-corrected chi connectivity index (χ2v) is 7.52. The second kappa shape index (κ2) is 12.4. The maximum Gasteiger partial charge on any atom is 0.416 e. The third-order valence-corrected chi connectivity index (χ3v) is 5.12. The van der Waals surface area contributed by atoms with Crippen LogP contribution in [0.2, 0.25) is 0 Å². The molecule has 0 saturated heterocycles. The molecule has 0 aromatic heterocycles. The highest BCUT2D eigenvalue weighted by Crippen LogP contribution is 2.36. The van der Waals surface area contributed by atoms with Crippen LogP contribution in [0.25, 0.3) is 6.08 Å². The van der Waals surface area contributed by atoms with E-state index < -0.39 is 24.2 Å². The Morgan fingerprint density at radius 2 is 1.60 bits per heavy atom. The van der Waals surface area contributed by atoms with Crippen LogP contribution < -0.4 is 9.80 Å². The lowest BCUT2D eigenvalue weighted by atomic mass is 10.0. The van der Waals surface area contributed by atoms with E-state index in [0.29, 0.717) is 17.8 Å². The minimum atomic E-state index is -0.832.